The molecule has 1 amide bonds. The van der Waals surface area contributed by atoms with Crippen molar-refractivity contribution in [3.63, 3.8) is 0 Å². The van der Waals surface area contributed by atoms with E-state index in [0.29, 0.717) is 17.4 Å². The highest BCUT2D eigenvalue weighted by Crippen LogP contribution is 2.50. The van der Waals surface area contributed by atoms with Crippen LogP contribution < -0.4 is 5.32 Å². The highest BCUT2D eigenvalue weighted by atomic mass is 16.1. The molecule has 1 heterocycles. The minimum absolute atomic E-state index is 0.0450. The van der Waals surface area contributed by atoms with Gasteiger partial charge in [-0.15, -0.1) is 0 Å². The molecule has 0 unspecified atom stereocenters. The number of carbonyl (C=O) groups excluding carboxylic acids is 1. The van der Waals surface area contributed by atoms with E-state index in [1.54, 1.807) is 18.5 Å². The first-order chi connectivity index (χ1) is 14.3. The van der Waals surface area contributed by atoms with Gasteiger partial charge in [-0.1, -0.05) is 80.8 Å². The molecule has 3 nitrogen and oxygen atoms in total. The number of aromatic nitrogens is 1. The third kappa shape index (κ3) is 4.73. The Morgan fingerprint density at radius 1 is 1.03 bits per heavy atom. The zero-order valence-corrected chi connectivity index (χ0v) is 16.9. The Morgan fingerprint density at radius 3 is 2.48 bits per heavy atom. The lowest BCUT2D eigenvalue weighted by molar-refractivity contribution is 0.0930. The molecule has 2 aromatic carbocycles. The Hall–Kier alpha value is -2.94. The number of hydrogen-bond donors (Lipinski definition) is 1. The van der Waals surface area contributed by atoms with Gasteiger partial charge in [0, 0.05) is 12.4 Å². The third-order valence-corrected chi connectivity index (χ3v) is 5.92. The first-order valence-corrected chi connectivity index (χ1v) is 10.6. The van der Waals surface area contributed by atoms with Crippen molar-refractivity contribution in [3.05, 3.63) is 90.3 Å². The van der Waals surface area contributed by atoms with Gasteiger partial charge in [-0.05, 0) is 47.1 Å². The number of carbonyl (C=O) groups is 1. The lowest BCUT2D eigenvalue weighted by Gasteiger charge is -2.20. The summed E-state index contributed by atoms with van der Waals surface area (Å²) in [6.07, 6.45) is 8.25. The van der Waals surface area contributed by atoms with Crippen LogP contribution in [-0.4, -0.2) is 10.9 Å². The maximum Gasteiger partial charge on any atom is 0.253 e. The van der Waals surface area contributed by atoms with Gasteiger partial charge in [-0.25, -0.2) is 0 Å². The Balaban J connectivity index is 1.54. The summed E-state index contributed by atoms with van der Waals surface area (Å²) in [5, 5.41) is 3.30. The van der Waals surface area contributed by atoms with Crippen LogP contribution >= 0.6 is 0 Å². The summed E-state index contributed by atoms with van der Waals surface area (Å²) in [7, 11) is 0. The number of pyridine rings is 1. The minimum atomic E-state index is -0.0450. The Morgan fingerprint density at radius 2 is 1.79 bits per heavy atom. The number of nitrogens with zero attached hydrogens (tertiary/aromatic N) is 1. The molecule has 0 spiro atoms. The molecule has 0 aliphatic heterocycles. The molecule has 1 fully saturated rings. The van der Waals surface area contributed by atoms with Crippen LogP contribution in [0.4, 0.5) is 0 Å². The SMILES string of the molecule is CCCC[C@@H]1C[C@H]1[C@@H](NC(=O)c1cccnc1)c1ccc(-c2ccccc2)cc1. The predicted molar refractivity (Wildman–Crippen MR) is 117 cm³/mol. The largest absolute Gasteiger partial charge is 0.345 e. The lowest BCUT2D eigenvalue weighted by Crippen LogP contribution is -2.30. The molecule has 4 rings (SSSR count). The fraction of sp³-hybridized carbons (Fsp3) is 0.308. The number of nitrogens with one attached hydrogen (secondary N) is 1. The average molecular weight is 385 g/mol. The van der Waals surface area contributed by atoms with E-state index in [-0.39, 0.29) is 11.9 Å². The smallest absolute Gasteiger partial charge is 0.253 e. The molecule has 3 heteroatoms. The van der Waals surface area contributed by atoms with Gasteiger partial charge in [0.25, 0.3) is 5.91 Å². The molecule has 1 aliphatic carbocycles. The minimum Gasteiger partial charge on any atom is -0.345 e. The molecule has 1 aromatic heterocycles. The van der Waals surface area contributed by atoms with Gasteiger partial charge in [0.05, 0.1) is 11.6 Å². The van der Waals surface area contributed by atoms with E-state index in [4.69, 9.17) is 0 Å². The van der Waals surface area contributed by atoms with Gasteiger partial charge in [0.15, 0.2) is 0 Å². The normalized spacial score (nSPS) is 18.8. The molecule has 148 valence electrons. The zero-order valence-electron chi connectivity index (χ0n) is 16.9. The molecule has 0 bridgehead atoms. The van der Waals surface area contributed by atoms with Crippen molar-refractivity contribution in [1.82, 2.24) is 10.3 Å². The fourth-order valence-electron chi connectivity index (χ4n) is 4.15. The van der Waals surface area contributed by atoms with Crippen LogP contribution in [0.1, 0.15) is 54.6 Å². The molecule has 1 saturated carbocycles. The molecular formula is C26H28N2O. The summed E-state index contributed by atoms with van der Waals surface area (Å²) in [5.41, 5.74) is 4.21. The summed E-state index contributed by atoms with van der Waals surface area (Å²) in [6, 6.07) is 22.7. The van der Waals surface area contributed by atoms with Crippen LogP contribution in [0.25, 0.3) is 11.1 Å². The van der Waals surface area contributed by atoms with E-state index in [2.05, 4.69) is 65.8 Å². The molecule has 29 heavy (non-hydrogen) atoms. The van der Waals surface area contributed by atoms with Crippen LogP contribution in [-0.2, 0) is 0 Å². The van der Waals surface area contributed by atoms with Crippen LogP contribution in [0.5, 0.6) is 0 Å². The van der Waals surface area contributed by atoms with Gasteiger partial charge in [-0.3, -0.25) is 9.78 Å². The molecular weight excluding hydrogens is 356 g/mol. The van der Waals surface area contributed by atoms with Gasteiger partial charge in [-0.2, -0.15) is 0 Å². The monoisotopic (exact) mass is 384 g/mol. The third-order valence-electron chi connectivity index (χ3n) is 5.92. The van der Waals surface area contributed by atoms with Gasteiger partial charge < -0.3 is 5.32 Å². The number of rotatable bonds is 8. The molecule has 0 saturated heterocycles. The summed E-state index contributed by atoms with van der Waals surface area (Å²) in [5.74, 6) is 1.18. The quantitative estimate of drug-likeness (QED) is 0.514. The van der Waals surface area contributed by atoms with Crippen molar-refractivity contribution in [3.8, 4) is 11.1 Å². The van der Waals surface area contributed by atoms with Crippen LogP contribution in [0.3, 0.4) is 0 Å². The van der Waals surface area contributed by atoms with Crippen LogP contribution in [0.2, 0.25) is 0 Å². The van der Waals surface area contributed by atoms with Gasteiger partial charge in [0.1, 0.15) is 0 Å². The van der Waals surface area contributed by atoms with Crippen molar-refractivity contribution in [2.45, 2.75) is 38.6 Å². The predicted octanol–water partition coefficient (Wildman–Crippen LogP) is 6.05. The van der Waals surface area contributed by atoms with E-state index < -0.39 is 0 Å². The Labute approximate surface area is 173 Å². The second-order valence-corrected chi connectivity index (χ2v) is 7.98. The van der Waals surface area contributed by atoms with Crippen molar-refractivity contribution in [1.29, 1.82) is 0 Å². The second kappa shape index (κ2) is 9.04. The second-order valence-electron chi connectivity index (χ2n) is 7.98. The fourth-order valence-corrected chi connectivity index (χ4v) is 4.15. The van der Waals surface area contributed by atoms with E-state index in [1.807, 2.05) is 12.1 Å². The Bertz CT molecular complexity index is 922. The number of hydrogen-bond acceptors (Lipinski definition) is 2. The van der Waals surface area contributed by atoms with Crippen molar-refractivity contribution in [2.24, 2.45) is 11.8 Å². The zero-order chi connectivity index (χ0) is 20.1. The van der Waals surface area contributed by atoms with Crippen LogP contribution in [0, 0.1) is 11.8 Å². The first kappa shape index (κ1) is 19.4. The summed E-state index contributed by atoms with van der Waals surface area (Å²) >= 11 is 0. The number of unbranched alkanes of at least 4 members (excludes halogenated alkanes) is 1. The highest BCUT2D eigenvalue weighted by Gasteiger charge is 2.43. The van der Waals surface area contributed by atoms with Crippen molar-refractivity contribution < 1.29 is 4.79 Å². The first-order valence-electron chi connectivity index (χ1n) is 10.6. The number of benzene rings is 2. The average Bonchev–Trinajstić information content (AvgIpc) is 3.56. The van der Waals surface area contributed by atoms with Crippen molar-refractivity contribution in [2.75, 3.05) is 0 Å². The Kier molecular flexibility index (Phi) is 6.04. The van der Waals surface area contributed by atoms with E-state index >= 15 is 0 Å². The topological polar surface area (TPSA) is 42.0 Å². The van der Waals surface area contributed by atoms with E-state index in [9.17, 15) is 4.79 Å². The molecule has 3 atom stereocenters. The summed E-state index contributed by atoms with van der Waals surface area (Å²) in [6.45, 7) is 2.24. The molecule has 1 aliphatic rings. The maximum atomic E-state index is 12.8. The summed E-state index contributed by atoms with van der Waals surface area (Å²) in [4.78, 5) is 16.9. The van der Waals surface area contributed by atoms with Crippen molar-refractivity contribution >= 4 is 5.91 Å². The van der Waals surface area contributed by atoms with Gasteiger partial charge >= 0.3 is 0 Å². The highest BCUT2D eigenvalue weighted by molar-refractivity contribution is 5.94. The van der Waals surface area contributed by atoms with Crippen LogP contribution in [0.15, 0.2) is 79.1 Å². The molecule has 3 aromatic rings. The molecule has 1 N–H and O–H groups in total. The summed E-state index contributed by atoms with van der Waals surface area (Å²) < 4.78 is 0. The van der Waals surface area contributed by atoms with E-state index in [0.717, 1.165) is 0 Å². The standard InChI is InChI=1S/C26H28N2O/c1-2-3-8-22-17-24(22)25(28-26(29)23-11-7-16-27-18-23)21-14-12-20(13-15-21)19-9-5-4-6-10-19/h4-7,9-16,18,22,24-25H,2-3,8,17H2,1H3,(H,28,29)/t22-,24-,25+/m1/s1. The van der Waals surface area contributed by atoms with Gasteiger partial charge in [0.2, 0.25) is 0 Å². The molecule has 0 radical (unpaired) electrons. The number of amides is 1. The maximum absolute atomic E-state index is 12.8. The lowest BCUT2D eigenvalue weighted by atomic mass is 9.96. The van der Waals surface area contributed by atoms with E-state index in [1.165, 1.54) is 42.4 Å².